The molecular formula is C11H17BrClNS. The number of rotatable bonds is 6. The van der Waals surface area contributed by atoms with E-state index in [-0.39, 0.29) is 0 Å². The molecule has 1 unspecified atom stereocenters. The molecule has 1 aromatic rings. The second-order valence-electron chi connectivity index (χ2n) is 3.61. The molecule has 0 aliphatic carbocycles. The average molecular weight is 311 g/mol. The predicted octanol–water partition coefficient (Wildman–Crippen LogP) is 5.00. The third kappa shape index (κ3) is 4.06. The fourth-order valence-electron chi connectivity index (χ4n) is 1.56. The first-order valence-electron chi connectivity index (χ1n) is 5.31. The topological polar surface area (TPSA) is 12.0 Å². The third-order valence-corrected chi connectivity index (χ3v) is 5.04. The van der Waals surface area contributed by atoms with Crippen LogP contribution in [0.15, 0.2) is 10.5 Å². The molecule has 0 saturated heterocycles. The zero-order valence-corrected chi connectivity index (χ0v) is 12.3. The summed E-state index contributed by atoms with van der Waals surface area (Å²) in [5.74, 6) is 0. The highest BCUT2D eigenvalue weighted by atomic mass is 79.9. The van der Waals surface area contributed by atoms with Gasteiger partial charge in [-0.15, -0.1) is 11.3 Å². The minimum atomic E-state index is 0.449. The maximum Gasteiger partial charge on any atom is 0.107 e. The van der Waals surface area contributed by atoms with E-state index >= 15 is 0 Å². The Labute approximate surface area is 109 Å². The fourth-order valence-corrected chi connectivity index (χ4v) is 3.44. The minimum Gasteiger partial charge on any atom is -0.312 e. The number of halogens is 2. The zero-order valence-electron chi connectivity index (χ0n) is 9.15. The Morgan fingerprint density at radius 1 is 1.53 bits per heavy atom. The molecular weight excluding hydrogens is 294 g/mol. The Bertz CT molecular complexity index is 281. The van der Waals surface area contributed by atoms with E-state index in [0.29, 0.717) is 6.04 Å². The Hall–Kier alpha value is 0.430. The summed E-state index contributed by atoms with van der Waals surface area (Å²) >= 11 is 11.1. The van der Waals surface area contributed by atoms with Crippen LogP contribution in [0.5, 0.6) is 0 Å². The van der Waals surface area contributed by atoms with Gasteiger partial charge >= 0.3 is 0 Å². The molecule has 0 fully saturated rings. The molecule has 0 aliphatic heterocycles. The SMILES string of the molecule is CCCCCC(NC)c1cc(Br)c(Cl)s1. The van der Waals surface area contributed by atoms with E-state index < -0.39 is 0 Å². The highest BCUT2D eigenvalue weighted by Gasteiger charge is 2.13. The van der Waals surface area contributed by atoms with Gasteiger partial charge in [-0.1, -0.05) is 37.8 Å². The summed E-state index contributed by atoms with van der Waals surface area (Å²) in [5, 5.41) is 3.35. The van der Waals surface area contributed by atoms with Gasteiger partial charge in [-0.05, 0) is 35.5 Å². The summed E-state index contributed by atoms with van der Waals surface area (Å²) in [6.07, 6.45) is 5.03. The molecule has 1 heterocycles. The highest BCUT2D eigenvalue weighted by Crippen LogP contribution is 2.36. The molecule has 0 bridgehead atoms. The monoisotopic (exact) mass is 309 g/mol. The Morgan fingerprint density at radius 2 is 2.27 bits per heavy atom. The highest BCUT2D eigenvalue weighted by molar-refractivity contribution is 9.10. The number of unbranched alkanes of at least 4 members (excludes halogenated alkanes) is 2. The van der Waals surface area contributed by atoms with Gasteiger partial charge in [0, 0.05) is 15.4 Å². The van der Waals surface area contributed by atoms with Crippen molar-refractivity contribution in [2.24, 2.45) is 0 Å². The van der Waals surface area contributed by atoms with Gasteiger partial charge in [0.15, 0.2) is 0 Å². The van der Waals surface area contributed by atoms with Crippen molar-refractivity contribution in [2.45, 2.75) is 38.6 Å². The van der Waals surface area contributed by atoms with Crippen LogP contribution in [0.25, 0.3) is 0 Å². The van der Waals surface area contributed by atoms with Crippen molar-refractivity contribution in [1.82, 2.24) is 5.32 Å². The summed E-state index contributed by atoms with van der Waals surface area (Å²) in [7, 11) is 2.01. The first-order chi connectivity index (χ1) is 7.19. The maximum absolute atomic E-state index is 6.04. The van der Waals surface area contributed by atoms with Gasteiger partial charge in [0.2, 0.25) is 0 Å². The summed E-state index contributed by atoms with van der Waals surface area (Å²) in [6, 6.07) is 2.57. The van der Waals surface area contributed by atoms with Gasteiger partial charge < -0.3 is 5.32 Å². The van der Waals surface area contributed by atoms with Crippen molar-refractivity contribution in [3.8, 4) is 0 Å². The van der Waals surface area contributed by atoms with Crippen molar-refractivity contribution >= 4 is 38.9 Å². The first-order valence-corrected chi connectivity index (χ1v) is 7.29. The minimum absolute atomic E-state index is 0.449. The molecule has 15 heavy (non-hydrogen) atoms. The van der Waals surface area contributed by atoms with Crippen LogP contribution in [0.3, 0.4) is 0 Å². The molecule has 4 heteroatoms. The van der Waals surface area contributed by atoms with Gasteiger partial charge in [-0.2, -0.15) is 0 Å². The quantitative estimate of drug-likeness (QED) is 0.729. The molecule has 1 N–H and O–H groups in total. The molecule has 86 valence electrons. The summed E-state index contributed by atoms with van der Waals surface area (Å²) in [5.41, 5.74) is 0. The summed E-state index contributed by atoms with van der Waals surface area (Å²) < 4.78 is 1.86. The molecule has 1 atom stereocenters. The molecule has 0 aromatic carbocycles. The van der Waals surface area contributed by atoms with Crippen LogP contribution in [0, 0.1) is 0 Å². The second-order valence-corrected chi connectivity index (χ2v) is 6.15. The van der Waals surface area contributed by atoms with Gasteiger partial charge in [0.1, 0.15) is 4.34 Å². The van der Waals surface area contributed by atoms with Crippen molar-refractivity contribution in [3.05, 3.63) is 19.8 Å². The largest absolute Gasteiger partial charge is 0.312 e. The van der Waals surface area contributed by atoms with Crippen LogP contribution in [-0.2, 0) is 0 Å². The van der Waals surface area contributed by atoms with E-state index in [2.05, 4.69) is 34.2 Å². The maximum atomic E-state index is 6.04. The average Bonchev–Trinajstić information content (AvgIpc) is 2.54. The van der Waals surface area contributed by atoms with Crippen molar-refractivity contribution in [2.75, 3.05) is 7.05 Å². The van der Waals surface area contributed by atoms with Crippen LogP contribution < -0.4 is 5.32 Å². The normalized spacial score (nSPS) is 13.1. The molecule has 1 aromatic heterocycles. The van der Waals surface area contributed by atoms with E-state index in [1.807, 2.05) is 7.05 Å². The Kier molecular flexibility index (Phi) is 6.20. The van der Waals surface area contributed by atoms with Crippen molar-refractivity contribution in [1.29, 1.82) is 0 Å². The van der Waals surface area contributed by atoms with Gasteiger partial charge in [0.05, 0.1) is 0 Å². The standard InChI is InChI=1S/C11H17BrClNS/c1-3-4-5-6-9(14-2)10-7-8(12)11(13)15-10/h7,9,14H,3-6H2,1-2H3. The van der Waals surface area contributed by atoms with Crippen LogP contribution >= 0.6 is 38.9 Å². The summed E-state index contributed by atoms with van der Waals surface area (Å²) in [6.45, 7) is 2.23. The molecule has 0 saturated carbocycles. The van der Waals surface area contributed by atoms with Crippen molar-refractivity contribution in [3.63, 3.8) is 0 Å². The number of hydrogen-bond donors (Lipinski definition) is 1. The lowest BCUT2D eigenvalue weighted by molar-refractivity contribution is 0.518. The number of nitrogens with one attached hydrogen (secondary N) is 1. The number of hydrogen-bond acceptors (Lipinski definition) is 2. The van der Waals surface area contributed by atoms with Crippen LogP contribution in [0.1, 0.15) is 43.5 Å². The van der Waals surface area contributed by atoms with E-state index in [9.17, 15) is 0 Å². The van der Waals surface area contributed by atoms with Crippen LogP contribution in [0.2, 0.25) is 4.34 Å². The second kappa shape index (κ2) is 6.89. The van der Waals surface area contributed by atoms with E-state index in [0.717, 1.165) is 8.81 Å². The van der Waals surface area contributed by atoms with Gasteiger partial charge in [-0.3, -0.25) is 0 Å². The lowest BCUT2D eigenvalue weighted by Crippen LogP contribution is -2.14. The van der Waals surface area contributed by atoms with E-state index in [1.54, 1.807) is 11.3 Å². The predicted molar refractivity (Wildman–Crippen MR) is 73.0 cm³/mol. The number of thiophene rings is 1. The van der Waals surface area contributed by atoms with E-state index in [1.165, 1.54) is 30.6 Å². The molecule has 1 rings (SSSR count). The van der Waals surface area contributed by atoms with Gasteiger partial charge in [0.25, 0.3) is 0 Å². The smallest absolute Gasteiger partial charge is 0.107 e. The molecule has 0 aliphatic rings. The molecule has 0 radical (unpaired) electrons. The van der Waals surface area contributed by atoms with Gasteiger partial charge in [-0.25, -0.2) is 0 Å². The zero-order chi connectivity index (χ0) is 11.3. The van der Waals surface area contributed by atoms with E-state index in [4.69, 9.17) is 11.6 Å². The van der Waals surface area contributed by atoms with Crippen LogP contribution in [-0.4, -0.2) is 7.05 Å². The third-order valence-electron chi connectivity index (χ3n) is 2.45. The summed E-state index contributed by atoms with van der Waals surface area (Å²) in [4.78, 5) is 1.32. The Morgan fingerprint density at radius 3 is 2.73 bits per heavy atom. The molecule has 1 nitrogen and oxygen atoms in total. The first kappa shape index (κ1) is 13.5. The van der Waals surface area contributed by atoms with Crippen LogP contribution in [0.4, 0.5) is 0 Å². The van der Waals surface area contributed by atoms with Crippen molar-refractivity contribution < 1.29 is 0 Å². The lowest BCUT2D eigenvalue weighted by Gasteiger charge is -2.13. The fraction of sp³-hybridized carbons (Fsp3) is 0.636. The molecule has 0 spiro atoms. The molecule has 0 amide bonds. The Balaban J connectivity index is 2.57. The lowest BCUT2D eigenvalue weighted by atomic mass is 10.1.